The molecule has 2 aromatic heterocycles. The normalized spacial score (nSPS) is 11.0. The first-order chi connectivity index (χ1) is 18.5. The van der Waals surface area contributed by atoms with Crippen molar-refractivity contribution in [2.45, 2.75) is 39.8 Å². The van der Waals surface area contributed by atoms with Gasteiger partial charge in [-0.25, -0.2) is 0 Å². The Kier molecular flexibility index (Phi) is 7.40. The summed E-state index contributed by atoms with van der Waals surface area (Å²) in [4.78, 5) is 25.3. The molecular formula is C32H32N4O2+2. The number of amides is 2. The smallest absolute Gasteiger partial charge is 0.228 e. The minimum absolute atomic E-state index is 0.0742. The van der Waals surface area contributed by atoms with Crippen LogP contribution >= 0.6 is 0 Å². The molecule has 0 radical (unpaired) electrons. The summed E-state index contributed by atoms with van der Waals surface area (Å²) in [7, 11) is 0. The van der Waals surface area contributed by atoms with Crippen molar-refractivity contribution >= 4 is 45.0 Å². The topological polar surface area (TPSA) is 66.0 Å². The van der Waals surface area contributed by atoms with E-state index in [1.165, 1.54) is 0 Å². The average molecular weight is 505 g/mol. The molecule has 0 saturated heterocycles. The molecule has 0 atom stereocenters. The second kappa shape index (κ2) is 11.2. The Bertz CT molecular complexity index is 1500. The Morgan fingerprint density at radius 3 is 1.42 bits per heavy atom. The molecule has 3 aromatic carbocycles. The maximum Gasteiger partial charge on any atom is 0.228 e. The fourth-order valence-electron chi connectivity index (χ4n) is 4.82. The van der Waals surface area contributed by atoms with Crippen molar-refractivity contribution in [1.29, 1.82) is 0 Å². The molecule has 0 spiro atoms. The molecule has 0 fully saturated rings. The highest BCUT2D eigenvalue weighted by atomic mass is 16.2. The molecule has 5 aromatic rings. The monoisotopic (exact) mass is 504 g/mol. The van der Waals surface area contributed by atoms with Crippen LogP contribution in [0.25, 0.3) is 21.8 Å². The number of carbonyl (C=O) groups excluding carboxylic acids is 2. The lowest BCUT2D eigenvalue weighted by molar-refractivity contribution is -0.668. The minimum atomic E-state index is -0.0742. The van der Waals surface area contributed by atoms with Crippen LogP contribution < -0.4 is 19.8 Å². The summed E-state index contributed by atoms with van der Waals surface area (Å²) < 4.78 is 4.34. The van der Waals surface area contributed by atoms with Gasteiger partial charge in [0.05, 0.1) is 12.8 Å². The number of fused-ring (bicyclic) bond motifs is 2. The van der Waals surface area contributed by atoms with Crippen molar-refractivity contribution in [3.05, 3.63) is 108 Å². The van der Waals surface area contributed by atoms with Crippen molar-refractivity contribution in [3.8, 4) is 0 Å². The highest BCUT2D eigenvalue weighted by Gasteiger charge is 2.11. The van der Waals surface area contributed by atoms with E-state index < -0.39 is 0 Å². The SMILES string of the molecule is CC[n+]1cccc2cc(NC(=O)Cc3ccc(CC(=O)Nc4ccc5c(ccc[n+]5CC)c4)cc3)ccc21. The van der Waals surface area contributed by atoms with Gasteiger partial charge in [-0.2, -0.15) is 9.13 Å². The maximum absolute atomic E-state index is 12.7. The molecule has 2 amide bonds. The van der Waals surface area contributed by atoms with Gasteiger partial charge in [0.25, 0.3) is 0 Å². The number of rotatable bonds is 8. The molecule has 6 heteroatoms. The molecule has 0 aliphatic carbocycles. The van der Waals surface area contributed by atoms with Crippen molar-refractivity contribution in [3.63, 3.8) is 0 Å². The fourth-order valence-corrected chi connectivity index (χ4v) is 4.82. The number of carbonyl (C=O) groups is 2. The van der Waals surface area contributed by atoms with Gasteiger partial charge in [-0.05, 0) is 61.4 Å². The van der Waals surface area contributed by atoms with Gasteiger partial charge in [-0.3, -0.25) is 9.59 Å². The fraction of sp³-hybridized carbons (Fsp3) is 0.188. The number of hydrogen-bond donors (Lipinski definition) is 2. The van der Waals surface area contributed by atoms with Gasteiger partial charge in [0.15, 0.2) is 12.4 Å². The van der Waals surface area contributed by atoms with Gasteiger partial charge < -0.3 is 10.6 Å². The number of anilines is 2. The molecular weight excluding hydrogens is 472 g/mol. The summed E-state index contributed by atoms with van der Waals surface area (Å²) in [6.07, 6.45) is 4.64. The third-order valence-electron chi connectivity index (χ3n) is 6.76. The van der Waals surface area contributed by atoms with Crippen molar-refractivity contribution in [2.75, 3.05) is 10.6 Å². The molecule has 2 heterocycles. The number of nitrogens with one attached hydrogen (secondary N) is 2. The third kappa shape index (κ3) is 5.70. The lowest BCUT2D eigenvalue weighted by Gasteiger charge is -2.08. The van der Waals surface area contributed by atoms with Crippen LogP contribution in [0.1, 0.15) is 25.0 Å². The van der Waals surface area contributed by atoms with Gasteiger partial charge in [-0.1, -0.05) is 24.3 Å². The van der Waals surface area contributed by atoms with E-state index >= 15 is 0 Å². The molecule has 190 valence electrons. The maximum atomic E-state index is 12.7. The van der Waals surface area contributed by atoms with E-state index in [2.05, 4.69) is 46.0 Å². The molecule has 0 bridgehead atoms. The molecule has 5 rings (SSSR count). The minimum Gasteiger partial charge on any atom is -0.326 e. The highest BCUT2D eigenvalue weighted by Crippen LogP contribution is 2.18. The van der Waals surface area contributed by atoms with E-state index in [0.717, 1.165) is 57.4 Å². The molecule has 2 N–H and O–H groups in total. The quantitative estimate of drug-likeness (QED) is 0.293. The van der Waals surface area contributed by atoms with E-state index in [1.54, 1.807) is 0 Å². The zero-order valence-corrected chi connectivity index (χ0v) is 21.8. The zero-order valence-electron chi connectivity index (χ0n) is 21.8. The second-order valence-electron chi connectivity index (χ2n) is 9.40. The Balaban J connectivity index is 1.17. The van der Waals surface area contributed by atoms with Gasteiger partial charge in [-0.15, -0.1) is 0 Å². The van der Waals surface area contributed by atoms with Gasteiger partial charge >= 0.3 is 0 Å². The van der Waals surface area contributed by atoms with E-state index in [0.29, 0.717) is 0 Å². The summed E-state index contributed by atoms with van der Waals surface area (Å²) in [5.74, 6) is -0.148. The van der Waals surface area contributed by atoms with Crippen LogP contribution in [0.5, 0.6) is 0 Å². The molecule has 0 saturated carbocycles. The first-order valence-electron chi connectivity index (χ1n) is 13.0. The Labute approximate surface area is 222 Å². The van der Waals surface area contributed by atoms with Gasteiger partial charge in [0.1, 0.15) is 13.1 Å². The number of nitrogens with zero attached hydrogens (tertiary/aromatic N) is 2. The average Bonchev–Trinajstić information content (AvgIpc) is 2.93. The van der Waals surface area contributed by atoms with E-state index in [-0.39, 0.29) is 24.7 Å². The first-order valence-corrected chi connectivity index (χ1v) is 13.0. The van der Waals surface area contributed by atoms with Crippen LogP contribution in [0, 0.1) is 0 Å². The van der Waals surface area contributed by atoms with E-state index in [1.807, 2.05) is 84.9 Å². The molecule has 6 nitrogen and oxygen atoms in total. The predicted octanol–water partition coefficient (Wildman–Crippen LogP) is 4.97. The van der Waals surface area contributed by atoms with Crippen LogP contribution in [0.3, 0.4) is 0 Å². The number of aromatic nitrogens is 2. The summed E-state index contributed by atoms with van der Waals surface area (Å²) in [5.41, 5.74) is 5.63. The number of pyridine rings is 2. The summed E-state index contributed by atoms with van der Waals surface area (Å²) in [6.45, 7) is 6.00. The lowest BCUT2D eigenvalue weighted by Crippen LogP contribution is -2.32. The first kappa shape index (κ1) is 25.1. The number of aryl methyl sites for hydroxylation is 2. The summed E-state index contributed by atoms with van der Waals surface area (Å²) in [6, 6.07) is 27.7. The van der Waals surface area contributed by atoms with Crippen LogP contribution in [0.15, 0.2) is 97.3 Å². The second-order valence-corrected chi connectivity index (χ2v) is 9.40. The Morgan fingerprint density at radius 2 is 1.03 bits per heavy atom. The number of hydrogen-bond acceptors (Lipinski definition) is 2. The van der Waals surface area contributed by atoms with E-state index in [9.17, 15) is 9.59 Å². The molecule has 38 heavy (non-hydrogen) atoms. The Morgan fingerprint density at radius 1 is 0.605 bits per heavy atom. The van der Waals surface area contributed by atoms with Crippen molar-refractivity contribution in [2.24, 2.45) is 0 Å². The molecule has 0 aliphatic heterocycles. The highest BCUT2D eigenvalue weighted by molar-refractivity contribution is 5.95. The third-order valence-corrected chi connectivity index (χ3v) is 6.76. The van der Waals surface area contributed by atoms with Gasteiger partial charge in [0, 0.05) is 46.4 Å². The van der Waals surface area contributed by atoms with Crippen LogP contribution in [0.2, 0.25) is 0 Å². The molecule has 0 unspecified atom stereocenters. The summed E-state index contributed by atoms with van der Waals surface area (Å²) >= 11 is 0. The Hall–Kier alpha value is -4.58. The van der Waals surface area contributed by atoms with Crippen LogP contribution in [-0.2, 0) is 35.5 Å². The summed E-state index contributed by atoms with van der Waals surface area (Å²) in [5, 5.41) is 8.17. The zero-order chi connectivity index (χ0) is 26.5. The van der Waals surface area contributed by atoms with Gasteiger partial charge in [0.2, 0.25) is 22.8 Å². The lowest BCUT2D eigenvalue weighted by atomic mass is 10.1. The largest absolute Gasteiger partial charge is 0.326 e. The van der Waals surface area contributed by atoms with Crippen LogP contribution in [0.4, 0.5) is 11.4 Å². The standard InChI is InChI=1S/C32H30N4O2/c1-3-35-17-5-7-25-21-27(13-15-29(25)35)33-31(37)19-23-9-11-24(12-10-23)20-32(38)34-28-14-16-30-26(22-28)8-6-18-36(30)4-2/h5-18,21-22H,3-4,19-20H2,1-2H3/p+2. The van der Waals surface area contributed by atoms with Crippen molar-refractivity contribution < 1.29 is 18.7 Å². The van der Waals surface area contributed by atoms with Crippen LogP contribution in [-0.4, -0.2) is 11.8 Å². The molecule has 0 aliphatic rings. The van der Waals surface area contributed by atoms with Crippen molar-refractivity contribution in [1.82, 2.24) is 0 Å². The van der Waals surface area contributed by atoms with E-state index in [4.69, 9.17) is 0 Å². The predicted molar refractivity (Wildman–Crippen MR) is 151 cm³/mol. The number of benzene rings is 3.